The predicted octanol–water partition coefficient (Wildman–Crippen LogP) is 1.46. The van der Waals surface area contributed by atoms with Crippen molar-refractivity contribution in [1.29, 1.82) is 0 Å². The third kappa shape index (κ3) is 3.32. The van der Waals surface area contributed by atoms with Gasteiger partial charge in [0.15, 0.2) is 0 Å². The average Bonchev–Trinajstić information content (AvgIpc) is 3.19. The van der Waals surface area contributed by atoms with E-state index in [1.54, 1.807) is 0 Å². The summed E-state index contributed by atoms with van der Waals surface area (Å²) in [4.78, 5) is 12.2. The van der Waals surface area contributed by atoms with E-state index >= 15 is 0 Å². The van der Waals surface area contributed by atoms with Gasteiger partial charge in [0.2, 0.25) is 5.91 Å². The van der Waals surface area contributed by atoms with Crippen LogP contribution in [0.2, 0.25) is 0 Å². The van der Waals surface area contributed by atoms with Crippen LogP contribution in [0.3, 0.4) is 0 Å². The lowest BCUT2D eigenvalue weighted by Gasteiger charge is -2.29. The van der Waals surface area contributed by atoms with Crippen LogP contribution in [-0.4, -0.2) is 37.2 Å². The molecular weight excluding hydrogens is 276 g/mol. The second-order valence-corrected chi connectivity index (χ2v) is 5.38. The lowest BCUT2D eigenvalue weighted by molar-refractivity contribution is -0.129. The maximum Gasteiger partial charge on any atom is 0.240 e. The van der Waals surface area contributed by atoms with E-state index < -0.39 is 0 Å². The first-order valence-electron chi connectivity index (χ1n) is 6.96. The van der Waals surface area contributed by atoms with E-state index in [2.05, 4.69) is 22.8 Å². The molecular formula is C15H21ClN2O2. The lowest BCUT2D eigenvalue weighted by atomic mass is 10.1. The molecule has 1 amide bonds. The number of hydrogen-bond acceptors (Lipinski definition) is 3. The summed E-state index contributed by atoms with van der Waals surface area (Å²) in [5, 5.41) is 6.34. The van der Waals surface area contributed by atoms with Crippen LogP contribution < -0.4 is 10.6 Å². The molecule has 0 spiro atoms. The summed E-state index contributed by atoms with van der Waals surface area (Å²) in [5.74, 6) is 0.542. The van der Waals surface area contributed by atoms with Gasteiger partial charge in [-0.15, -0.1) is 12.4 Å². The number of morpholine rings is 1. The zero-order chi connectivity index (χ0) is 13.2. The minimum absolute atomic E-state index is 0. The van der Waals surface area contributed by atoms with Crippen molar-refractivity contribution in [3.8, 4) is 0 Å². The molecule has 2 aliphatic rings. The summed E-state index contributed by atoms with van der Waals surface area (Å²) in [6.45, 7) is 3.37. The fraction of sp³-hybridized carbons (Fsp3) is 0.533. The molecule has 1 heterocycles. The predicted molar refractivity (Wildman–Crippen MR) is 80.2 cm³/mol. The Bertz CT molecular complexity index is 454. The van der Waals surface area contributed by atoms with Gasteiger partial charge in [-0.3, -0.25) is 4.79 Å². The van der Waals surface area contributed by atoms with Crippen molar-refractivity contribution in [1.82, 2.24) is 10.6 Å². The number of rotatable bonds is 3. The molecule has 4 nitrogen and oxygen atoms in total. The third-order valence-corrected chi connectivity index (χ3v) is 3.94. The fourth-order valence-electron chi connectivity index (χ4n) is 2.72. The molecule has 2 fully saturated rings. The van der Waals surface area contributed by atoms with E-state index in [1.807, 2.05) is 25.1 Å². The monoisotopic (exact) mass is 296 g/mol. The van der Waals surface area contributed by atoms with Gasteiger partial charge >= 0.3 is 0 Å². The zero-order valence-electron chi connectivity index (χ0n) is 11.5. The third-order valence-electron chi connectivity index (χ3n) is 3.94. The van der Waals surface area contributed by atoms with Crippen LogP contribution in [0, 0.1) is 0 Å². The molecule has 3 rings (SSSR count). The van der Waals surface area contributed by atoms with Crippen molar-refractivity contribution < 1.29 is 9.53 Å². The molecule has 0 bridgehead atoms. The first-order chi connectivity index (χ1) is 9.25. The summed E-state index contributed by atoms with van der Waals surface area (Å²) in [6, 6.07) is 10.4. The number of ether oxygens (including phenoxy) is 1. The van der Waals surface area contributed by atoms with Crippen LogP contribution in [0.1, 0.15) is 24.8 Å². The molecule has 1 aromatic carbocycles. The number of halogens is 1. The van der Waals surface area contributed by atoms with Gasteiger partial charge in [-0.1, -0.05) is 30.3 Å². The summed E-state index contributed by atoms with van der Waals surface area (Å²) >= 11 is 0. The Morgan fingerprint density at radius 3 is 2.80 bits per heavy atom. The van der Waals surface area contributed by atoms with Crippen molar-refractivity contribution in [2.45, 2.75) is 37.5 Å². The molecule has 2 N–H and O–H groups in total. The maximum absolute atomic E-state index is 12.2. The number of nitrogens with one attached hydrogen (secondary N) is 2. The van der Waals surface area contributed by atoms with Gasteiger partial charge in [0, 0.05) is 18.5 Å². The lowest BCUT2D eigenvalue weighted by Crippen LogP contribution is -2.55. The molecule has 110 valence electrons. The molecule has 0 aromatic heterocycles. The van der Waals surface area contributed by atoms with Crippen LogP contribution in [0.4, 0.5) is 0 Å². The van der Waals surface area contributed by atoms with Gasteiger partial charge in [-0.25, -0.2) is 0 Å². The highest BCUT2D eigenvalue weighted by Crippen LogP contribution is 2.40. The van der Waals surface area contributed by atoms with Gasteiger partial charge in [0.05, 0.1) is 12.7 Å². The topological polar surface area (TPSA) is 50.4 Å². The average molecular weight is 297 g/mol. The number of benzene rings is 1. The van der Waals surface area contributed by atoms with E-state index in [4.69, 9.17) is 4.74 Å². The van der Waals surface area contributed by atoms with Gasteiger partial charge in [-0.2, -0.15) is 0 Å². The SMILES string of the molecule is C[C@H]1OCCN[C@@H]1C(=O)NC1CC1c1ccccc1.Cl. The summed E-state index contributed by atoms with van der Waals surface area (Å²) < 4.78 is 5.50. The highest BCUT2D eigenvalue weighted by atomic mass is 35.5. The van der Waals surface area contributed by atoms with Crippen LogP contribution >= 0.6 is 12.4 Å². The standard InChI is InChI=1S/C15H20N2O2.ClH/c1-10-14(16-7-8-19-10)15(18)17-13-9-12(13)11-5-3-2-4-6-11;/h2-6,10,12-14,16H,7-9H2,1H3,(H,17,18);1H/t10-,12?,13?,14+;/m1./s1. The minimum Gasteiger partial charge on any atom is -0.375 e. The van der Waals surface area contributed by atoms with Gasteiger partial charge in [0.1, 0.15) is 6.04 Å². The molecule has 1 aromatic rings. The quantitative estimate of drug-likeness (QED) is 0.888. The molecule has 20 heavy (non-hydrogen) atoms. The van der Waals surface area contributed by atoms with E-state index in [9.17, 15) is 4.79 Å². The molecule has 4 atom stereocenters. The molecule has 1 saturated carbocycles. The van der Waals surface area contributed by atoms with Gasteiger partial charge in [0.25, 0.3) is 0 Å². The number of carbonyl (C=O) groups is 1. The first-order valence-corrected chi connectivity index (χ1v) is 6.96. The second-order valence-electron chi connectivity index (χ2n) is 5.38. The molecule has 1 saturated heterocycles. The van der Waals surface area contributed by atoms with Crippen LogP contribution in [-0.2, 0) is 9.53 Å². The van der Waals surface area contributed by atoms with Crippen LogP contribution in [0.25, 0.3) is 0 Å². The molecule has 0 radical (unpaired) electrons. The second kappa shape index (κ2) is 6.57. The Morgan fingerprint density at radius 1 is 1.35 bits per heavy atom. The molecule has 1 aliphatic carbocycles. The van der Waals surface area contributed by atoms with Gasteiger partial charge < -0.3 is 15.4 Å². The highest BCUT2D eigenvalue weighted by Gasteiger charge is 2.41. The van der Waals surface area contributed by atoms with Gasteiger partial charge in [-0.05, 0) is 18.9 Å². The fourth-order valence-corrected chi connectivity index (χ4v) is 2.72. The Kier molecular flexibility index (Phi) is 5.02. The molecule has 1 aliphatic heterocycles. The van der Waals surface area contributed by atoms with Crippen molar-refractivity contribution in [2.24, 2.45) is 0 Å². The number of hydrogen-bond donors (Lipinski definition) is 2. The smallest absolute Gasteiger partial charge is 0.240 e. The number of amides is 1. The summed E-state index contributed by atoms with van der Waals surface area (Å²) in [6.07, 6.45) is 0.986. The van der Waals surface area contributed by atoms with Crippen LogP contribution in [0.5, 0.6) is 0 Å². The van der Waals surface area contributed by atoms with E-state index in [0.29, 0.717) is 12.5 Å². The maximum atomic E-state index is 12.2. The minimum atomic E-state index is -0.217. The Morgan fingerprint density at radius 2 is 2.10 bits per heavy atom. The summed E-state index contributed by atoms with van der Waals surface area (Å²) in [7, 11) is 0. The molecule has 5 heteroatoms. The van der Waals surface area contributed by atoms with E-state index in [1.165, 1.54) is 5.56 Å². The van der Waals surface area contributed by atoms with E-state index in [-0.39, 0.29) is 36.5 Å². The largest absolute Gasteiger partial charge is 0.375 e. The molecule has 2 unspecified atom stereocenters. The summed E-state index contributed by atoms with van der Waals surface area (Å²) in [5.41, 5.74) is 1.31. The number of carbonyl (C=O) groups excluding carboxylic acids is 1. The van der Waals surface area contributed by atoms with Crippen molar-refractivity contribution in [3.63, 3.8) is 0 Å². The van der Waals surface area contributed by atoms with Crippen molar-refractivity contribution in [3.05, 3.63) is 35.9 Å². The zero-order valence-corrected chi connectivity index (χ0v) is 12.4. The Hall–Kier alpha value is -1.10. The normalized spacial score (nSPS) is 32.0. The van der Waals surface area contributed by atoms with Crippen molar-refractivity contribution >= 4 is 18.3 Å². The highest BCUT2D eigenvalue weighted by molar-refractivity contribution is 5.85. The Labute approximate surface area is 125 Å². The van der Waals surface area contributed by atoms with E-state index in [0.717, 1.165) is 13.0 Å². The van der Waals surface area contributed by atoms with Crippen molar-refractivity contribution in [2.75, 3.05) is 13.2 Å². The Balaban J connectivity index is 0.00000147. The van der Waals surface area contributed by atoms with Crippen LogP contribution in [0.15, 0.2) is 30.3 Å². The first kappa shape index (κ1) is 15.3.